The second-order valence-electron chi connectivity index (χ2n) is 5.03. The number of hydrogen-bond acceptors (Lipinski definition) is 4. The van der Waals surface area contributed by atoms with Crippen molar-refractivity contribution in [2.45, 2.75) is 38.4 Å². The molecule has 6 nitrogen and oxygen atoms in total. The molecule has 2 rings (SSSR count). The van der Waals surface area contributed by atoms with Gasteiger partial charge in [0.1, 0.15) is 5.54 Å². The SMILES string of the molecule is CCCn1cc(CN2CCC(N)(C(=O)O)C2)cn1. The first-order chi connectivity index (χ1) is 8.53. The van der Waals surface area contributed by atoms with Gasteiger partial charge in [0.15, 0.2) is 0 Å². The predicted molar refractivity (Wildman–Crippen MR) is 67.0 cm³/mol. The lowest BCUT2D eigenvalue weighted by Gasteiger charge is -2.19. The van der Waals surface area contributed by atoms with E-state index in [1.807, 2.05) is 17.1 Å². The number of nitrogens with two attached hydrogens (primary N) is 1. The van der Waals surface area contributed by atoms with Crippen LogP contribution < -0.4 is 5.73 Å². The maximum absolute atomic E-state index is 11.0. The van der Waals surface area contributed by atoms with Crippen LogP contribution in [0.2, 0.25) is 0 Å². The zero-order chi connectivity index (χ0) is 13.2. The zero-order valence-corrected chi connectivity index (χ0v) is 10.7. The molecule has 1 aromatic rings. The van der Waals surface area contributed by atoms with E-state index in [-0.39, 0.29) is 0 Å². The van der Waals surface area contributed by atoms with Crippen LogP contribution in [-0.4, -0.2) is 44.4 Å². The third-order valence-electron chi connectivity index (χ3n) is 3.35. The lowest BCUT2D eigenvalue weighted by molar-refractivity contribution is -0.142. The number of carboxylic acids is 1. The molecule has 2 heterocycles. The summed E-state index contributed by atoms with van der Waals surface area (Å²) in [7, 11) is 0. The van der Waals surface area contributed by atoms with Crippen LogP contribution >= 0.6 is 0 Å². The highest BCUT2D eigenvalue weighted by atomic mass is 16.4. The van der Waals surface area contributed by atoms with Crippen molar-refractivity contribution in [1.29, 1.82) is 0 Å². The van der Waals surface area contributed by atoms with Crippen LogP contribution in [0.3, 0.4) is 0 Å². The summed E-state index contributed by atoms with van der Waals surface area (Å²) in [6, 6.07) is 0. The Bertz CT molecular complexity index is 431. The number of nitrogens with zero attached hydrogens (tertiary/aromatic N) is 3. The standard InChI is InChI=1S/C12H20N4O2/c1-2-4-16-8-10(6-14-16)7-15-5-3-12(13,9-15)11(17)18/h6,8H,2-5,7,9,13H2,1H3,(H,17,18). The van der Waals surface area contributed by atoms with Crippen LogP contribution in [0.25, 0.3) is 0 Å². The zero-order valence-electron chi connectivity index (χ0n) is 10.7. The second-order valence-corrected chi connectivity index (χ2v) is 5.03. The Labute approximate surface area is 106 Å². The van der Waals surface area contributed by atoms with Crippen molar-refractivity contribution in [2.75, 3.05) is 13.1 Å². The smallest absolute Gasteiger partial charge is 0.325 e. The van der Waals surface area contributed by atoms with E-state index >= 15 is 0 Å². The van der Waals surface area contributed by atoms with Crippen molar-refractivity contribution >= 4 is 5.97 Å². The highest BCUT2D eigenvalue weighted by Crippen LogP contribution is 2.20. The number of carbonyl (C=O) groups is 1. The largest absolute Gasteiger partial charge is 0.480 e. The number of carboxylic acid groups (broad SMARTS) is 1. The van der Waals surface area contributed by atoms with Gasteiger partial charge in [0.25, 0.3) is 0 Å². The van der Waals surface area contributed by atoms with Crippen molar-refractivity contribution in [3.63, 3.8) is 0 Å². The minimum atomic E-state index is -1.08. The summed E-state index contributed by atoms with van der Waals surface area (Å²) in [5, 5.41) is 13.3. The molecule has 0 aromatic carbocycles. The molecule has 1 aliphatic heterocycles. The summed E-state index contributed by atoms with van der Waals surface area (Å²) in [5.74, 6) is -0.910. The van der Waals surface area contributed by atoms with Crippen molar-refractivity contribution in [1.82, 2.24) is 14.7 Å². The number of hydrogen-bond donors (Lipinski definition) is 2. The molecule has 0 aliphatic carbocycles. The summed E-state index contributed by atoms with van der Waals surface area (Å²) in [4.78, 5) is 13.1. The first kappa shape index (κ1) is 13.0. The van der Waals surface area contributed by atoms with Gasteiger partial charge in [-0.3, -0.25) is 14.4 Å². The molecule has 0 radical (unpaired) electrons. The summed E-state index contributed by atoms with van der Waals surface area (Å²) >= 11 is 0. The summed E-state index contributed by atoms with van der Waals surface area (Å²) in [6.45, 7) is 4.87. The van der Waals surface area contributed by atoms with Crippen LogP contribution in [0.15, 0.2) is 12.4 Å². The molecule has 0 spiro atoms. The number of aromatic nitrogens is 2. The van der Waals surface area contributed by atoms with E-state index in [4.69, 9.17) is 10.8 Å². The Morgan fingerprint density at radius 3 is 3.06 bits per heavy atom. The molecule has 0 bridgehead atoms. The average molecular weight is 252 g/mol. The quantitative estimate of drug-likeness (QED) is 0.786. The van der Waals surface area contributed by atoms with E-state index in [0.717, 1.165) is 31.6 Å². The Kier molecular flexibility index (Phi) is 3.68. The molecular weight excluding hydrogens is 232 g/mol. The Hall–Kier alpha value is -1.40. The van der Waals surface area contributed by atoms with E-state index in [9.17, 15) is 4.79 Å². The van der Waals surface area contributed by atoms with Gasteiger partial charge in [-0.1, -0.05) is 6.92 Å². The molecule has 18 heavy (non-hydrogen) atoms. The lowest BCUT2D eigenvalue weighted by Crippen LogP contribution is -2.50. The van der Waals surface area contributed by atoms with Crippen LogP contribution in [0.1, 0.15) is 25.3 Å². The van der Waals surface area contributed by atoms with Gasteiger partial charge in [0, 0.05) is 37.9 Å². The topological polar surface area (TPSA) is 84.4 Å². The third kappa shape index (κ3) is 2.70. The minimum absolute atomic E-state index is 0.404. The average Bonchev–Trinajstić information content (AvgIpc) is 2.88. The molecule has 100 valence electrons. The van der Waals surface area contributed by atoms with Crippen LogP contribution in [0.4, 0.5) is 0 Å². The molecule has 1 aliphatic rings. The molecule has 1 unspecified atom stereocenters. The maximum Gasteiger partial charge on any atom is 0.325 e. The van der Waals surface area contributed by atoms with Crippen LogP contribution in [0.5, 0.6) is 0 Å². The van der Waals surface area contributed by atoms with E-state index in [1.165, 1.54) is 0 Å². The molecule has 6 heteroatoms. The number of likely N-dealkylation sites (tertiary alicyclic amines) is 1. The predicted octanol–water partition coefficient (Wildman–Crippen LogP) is 0.281. The molecule has 1 saturated heterocycles. The van der Waals surface area contributed by atoms with Crippen molar-refractivity contribution in [3.05, 3.63) is 18.0 Å². The van der Waals surface area contributed by atoms with Crippen molar-refractivity contribution in [2.24, 2.45) is 5.73 Å². The van der Waals surface area contributed by atoms with Gasteiger partial charge >= 0.3 is 5.97 Å². The second kappa shape index (κ2) is 5.07. The van der Waals surface area contributed by atoms with Gasteiger partial charge in [-0.25, -0.2) is 0 Å². The summed E-state index contributed by atoms with van der Waals surface area (Å²) in [6.07, 6.45) is 5.41. The molecule has 3 N–H and O–H groups in total. The normalized spacial score (nSPS) is 24.6. The summed E-state index contributed by atoms with van der Waals surface area (Å²) < 4.78 is 1.91. The Morgan fingerprint density at radius 2 is 2.44 bits per heavy atom. The number of aliphatic carboxylic acids is 1. The molecule has 0 saturated carbocycles. The van der Waals surface area contributed by atoms with Crippen molar-refractivity contribution in [3.8, 4) is 0 Å². The van der Waals surface area contributed by atoms with Gasteiger partial charge in [0.2, 0.25) is 0 Å². The van der Waals surface area contributed by atoms with Crippen LogP contribution in [-0.2, 0) is 17.9 Å². The first-order valence-electron chi connectivity index (χ1n) is 6.29. The Balaban J connectivity index is 1.93. The fourth-order valence-corrected chi connectivity index (χ4v) is 2.32. The highest BCUT2D eigenvalue weighted by molar-refractivity contribution is 5.79. The molecule has 1 fully saturated rings. The number of aryl methyl sites for hydroxylation is 1. The van der Waals surface area contributed by atoms with E-state index < -0.39 is 11.5 Å². The van der Waals surface area contributed by atoms with Gasteiger partial charge in [-0.2, -0.15) is 5.10 Å². The van der Waals surface area contributed by atoms with Gasteiger partial charge in [-0.15, -0.1) is 0 Å². The third-order valence-corrected chi connectivity index (χ3v) is 3.35. The van der Waals surface area contributed by atoms with E-state index in [2.05, 4.69) is 16.9 Å². The summed E-state index contributed by atoms with van der Waals surface area (Å²) in [5.41, 5.74) is 5.86. The van der Waals surface area contributed by atoms with Gasteiger partial charge in [-0.05, 0) is 12.8 Å². The highest BCUT2D eigenvalue weighted by Gasteiger charge is 2.41. The minimum Gasteiger partial charge on any atom is -0.480 e. The Morgan fingerprint density at radius 1 is 1.67 bits per heavy atom. The van der Waals surface area contributed by atoms with Gasteiger partial charge in [0.05, 0.1) is 6.20 Å². The van der Waals surface area contributed by atoms with Crippen molar-refractivity contribution < 1.29 is 9.90 Å². The molecule has 1 aromatic heterocycles. The van der Waals surface area contributed by atoms with E-state index in [0.29, 0.717) is 13.0 Å². The molecular formula is C12H20N4O2. The molecule has 0 amide bonds. The first-order valence-corrected chi connectivity index (χ1v) is 6.29. The number of rotatable bonds is 5. The lowest BCUT2D eigenvalue weighted by atomic mass is 10.0. The maximum atomic E-state index is 11.0. The van der Waals surface area contributed by atoms with E-state index in [1.54, 1.807) is 0 Å². The molecule has 1 atom stereocenters. The van der Waals surface area contributed by atoms with Crippen LogP contribution in [0, 0.1) is 0 Å². The fourth-order valence-electron chi connectivity index (χ4n) is 2.32. The fraction of sp³-hybridized carbons (Fsp3) is 0.667. The van der Waals surface area contributed by atoms with Gasteiger partial charge < -0.3 is 10.8 Å². The monoisotopic (exact) mass is 252 g/mol.